The molecule has 5 rings (SSSR count). The molecule has 2 amide bonds. The summed E-state index contributed by atoms with van der Waals surface area (Å²) in [4.78, 5) is 54.0. The maximum absolute atomic E-state index is 14.1. The SMILES string of the molecule is CCc1nc2c(C(=O)OC)cc(-c3ccnc(N(C(=O)OC(C)(C)C)C(=O)OC(C)(C)C)c3)cc2n1-c1ccnc2cc(F)ccc12. The second-order valence-corrected chi connectivity index (χ2v) is 12.8. The van der Waals surface area contributed by atoms with Gasteiger partial charge in [0.05, 0.1) is 29.4 Å². The van der Waals surface area contributed by atoms with Crippen molar-refractivity contribution in [3.05, 3.63) is 78.1 Å². The zero-order valence-electron chi connectivity index (χ0n) is 27.5. The Balaban J connectivity index is 1.74. The van der Waals surface area contributed by atoms with Gasteiger partial charge >= 0.3 is 18.2 Å². The minimum atomic E-state index is -0.964. The van der Waals surface area contributed by atoms with Gasteiger partial charge < -0.3 is 14.2 Å². The second-order valence-electron chi connectivity index (χ2n) is 12.8. The molecule has 0 radical (unpaired) electrons. The van der Waals surface area contributed by atoms with Gasteiger partial charge in [0.15, 0.2) is 0 Å². The van der Waals surface area contributed by atoms with Crippen LogP contribution in [0.1, 0.15) is 64.6 Å². The summed E-state index contributed by atoms with van der Waals surface area (Å²) in [5.74, 6) is -0.417. The van der Waals surface area contributed by atoms with Crippen molar-refractivity contribution in [2.24, 2.45) is 0 Å². The van der Waals surface area contributed by atoms with Gasteiger partial charge in [0, 0.05) is 30.3 Å². The summed E-state index contributed by atoms with van der Waals surface area (Å²) in [6, 6.07) is 12.9. The van der Waals surface area contributed by atoms with Gasteiger partial charge in [-0.05, 0) is 95.1 Å². The second kappa shape index (κ2) is 12.4. The quantitative estimate of drug-likeness (QED) is 0.140. The molecule has 0 atom stereocenters. The number of esters is 1. The van der Waals surface area contributed by atoms with Crippen LogP contribution in [0, 0.1) is 5.82 Å². The average Bonchev–Trinajstić information content (AvgIpc) is 3.36. The Morgan fingerprint density at radius 2 is 1.51 bits per heavy atom. The Kier molecular flexibility index (Phi) is 8.72. The highest BCUT2D eigenvalue weighted by Gasteiger charge is 2.34. The van der Waals surface area contributed by atoms with Gasteiger partial charge in [-0.15, -0.1) is 0 Å². The minimum Gasteiger partial charge on any atom is -0.465 e. The van der Waals surface area contributed by atoms with Crippen molar-refractivity contribution < 1.29 is 33.0 Å². The number of hydrogen-bond acceptors (Lipinski definition) is 9. The van der Waals surface area contributed by atoms with Gasteiger partial charge in [0.1, 0.15) is 34.2 Å². The Morgan fingerprint density at radius 3 is 2.13 bits per heavy atom. The standard InChI is InChI=1S/C35H36FN5O6/c1-9-28-39-30-24(31(42)45-8)16-21(17-27(30)40(28)26-13-15-37-25-19-22(36)10-11-23(25)26)20-12-14-38-29(18-20)41(32(43)46-34(2,3)4)33(44)47-35(5,6)7/h10-19H,9H2,1-8H3. The first-order valence-corrected chi connectivity index (χ1v) is 15.0. The van der Waals surface area contributed by atoms with Crippen LogP contribution in [-0.4, -0.2) is 56.0 Å². The number of hydrogen-bond donors (Lipinski definition) is 0. The number of halogens is 1. The van der Waals surface area contributed by atoms with E-state index >= 15 is 0 Å². The molecule has 5 aromatic rings. The third-order valence-corrected chi connectivity index (χ3v) is 6.93. The van der Waals surface area contributed by atoms with E-state index in [1.165, 1.54) is 31.5 Å². The molecular formula is C35H36FN5O6. The molecule has 12 heteroatoms. The van der Waals surface area contributed by atoms with Gasteiger partial charge in [-0.2, -0.15) is 4.90 Å². The molecule has 0 aliphatic carbocycles. The average molecular weight is 642 g/mol. The fourth-order valence-corrected chi connectivity index (χ4v) is 5.06. The Bertz CT molecular complexity index is 2000. The molecule has 0 aliphatic heterocycles. The van der Waals surface area contributed by atoms with Crippen molar-refractivity contribution >= 4 is 45.9 Å². The summed E-state index contributed by atoms with van der Waals surface area (Å²) in [6.07, 6.45) is 1.61. The van der Waals surface area contributed by atoms with E-state index < -0.39 is 35.2 Å². The lowest BCUT2D eigenvalue weighted by Crippen LogP contribution is -2.44. The summed E-state index contributed by atoms with van der Waals surface area (Å²) < 4.78 is 32.2. The summed E-state index contributed by atoms with van der Waals surface area (Å²) in [7, 11) is 1.29. The molecule has 0 unspecified atom stereocenters. The maximum Gasteiger partial charge on any atom is 0.425 e. The predicted molar refractivity (Wildman–Crippen MR) is 175 cm³/mol. The first kappa shape index (κ1) is 33.0. The Labute approximate surface area is 271 Å². The number of carbonyl (C=O) groups excluding carboxylic acids is 3. The molecule has 0 fully saturated rings. The van der Waals surface area contributed by atoms with E-state index in [1.807, 2.05) is 17.6 Å². The van der Waals surface area contributed by atoms with E-state index in [-0.39, 0.29) is 11.4 Å². The molecule has 3 aromatic heterocycles. The van der Waals surface area contributed by atoms with Crippen molar-refractivity contribution in [2.75, 3.05) is 12.0 Å². The molecule has 244 valence electrons. The van der Waals surface area contributed by atoms with Crippen molar-refractivity contribution in [3.63, 3.8) is 0 Å². The minimum absolute atomic E-state index is 0.0457. The largest absolute Gasteiger partial charge is 0.465 e. The number of imide groups is 1. The fourth-order valence-electron chi connectivity index (χ4n) is 5.06. The smallest absolute Gasteiger partial charge is 0.425 e. The molecule has 0 spiro atoms. The zero-order chi connectivity index (χ0) is 34.3. The van der Waals surface area contributed by atoms with Crippen LogP contribution < -0.4 is 4.90 Å². The number of aromatic nitrogens is 4. The van der Waals surface area contributed by atoms with E-state index in [0.717, 1.165) is 4.90 Å². The van der Waals surface area contributed by atoms with E-state index in [1.54, 1.807) is 72.0 Å². The summed E-state index contributed by atoms with van der Waals surface area (Å²) in [5, 5.41) is 0.685. The van der Waals surface area contributed by atoms with Gasteiger partial charge in [-0.1, -0.05) is 6.92 Å². The number of carbonyl (C=O) groups is 3. The highest BCUT2D eigenvalue weighted by atomic mass is 19.1. The molecule has 0 N–H and O–H groups in total. The van der Waals surface area contributed by atoms with Crippen LogP contribution >= 0.6 is 0 Å². The van der Waals surface area contributed by atoms with E-state index in [9.17, 15) is 18.8 Å². The first-order chi connectivity index (χ1) is 22.1. The molecule has 11 nitrogen and oxygen atoms in total. The van der Waals surface area contributed by atoms with Crippen LogP contribution in [0.4, 0.5) is 19.8 Å². The van der Waals surface area contributed by atoms with Crippen molar-refractivity contribution in [1.82, 2.24) is 19.5 Å². The van der Waals surface area contributed by atoms with E-state index in [0.29, 0.717) is 51.0 Å². The van der Waals surface area contributed by atoms with E-state index in [4.69, 9.17) is 19.2 Å². The third-order valence-electron chi connectivity index (χ3n) is 6.93. The molecule has 2 aromatic carbocycles. The number of ether oxygens (including phenoxy) is 3. The number of rotatable bonds is 5. The van der Waals surface area contributed by atoms with Crippen LogP contribution in [-0.2, 0) is 20.6 Å². The Morgan fingerprint density at radius 1 is 0.851 bits per heavy atom. The van der Waals surface area contributed by atoms with Gasteiger partial charge in [-0.3, -0.25) is 9.55 Å². The number of methoxy groups -OCH3 is 1. The number of fused-ring (bicyclic) bond motifs is 2. The summed E-state index contributed by atoms with van der Waals surface area (Å²) in [5.41, 5.74) is 1.58. The third kappa shape index (κ3) is 6.91. The van der Waals surface area contributed by atoms with Crippen LogP contribution in [0.3, 0.4) is 0 Å². The predicted octanol–water partition coefficient (Wildman–Crippen LogP) is 7.80. The zero-order valence-corrected chi connectivity index (χ0v) is 27.5. The number of amides is 2. The molecule has 0 saturated heterocycles. The van der Waals surface area contributed by atoms with Crippen molar-refractivity contribution in [2.45, 2.75) is 66.1 Å². The molecule has 0 bridgehead atoms. The van der Waals surface area contributed by atoms with Crippen LogP contribution in [0.2, 0.25) is 0 Å². The lowest BCUT2D eigenvalue weighted by atomic mass is 10.0. The number of benzene rings is 2. The van der Waals surface area contributed by atoms with Gasteiger partial charge in [-0.25, -0.2) is 28.7 Å². The lowest BCUT2D eigenvalue weighted by Gasteiger charge is -2.28. The molecule has 0 aliphatic rings. The number of pyridine rings is 2. The molecule has 0 saturated carbocycles. The monoisotopic (exact) mass is 641 g/mol. The topological polar surface area (TPSA) is 126 Å². The fraction of sp³-hybridized carbons (Fsp3) is 0.314. The molecule has 3 heterocycles. The van der Waals surface area contributed by atoms with Crippen LogP contribution in [0.25, 0.3) is 38.8 Å². The summed E-state index contributed by atoms with van der Waals surface area (Å²) in [6.45, 7) is 12.0. The number of anilines is 1. The highest BCUT2D eigenvalue weighted by molar-refractivity contribution is 6.09. The first-order valence-electron chi connectivity index (χ1n) is 15.0. The van der Waals surface area contributed by atoms with Crippen LogP contribution in [0.15, 0.2) is 60.9 Å². The van der Waals surface area contributed by atoms with Gasteiger partial charge in [0.25, 0.3) is 0 Å². The Hall–Kier alpha value is -5.39. The molecular weight excluding hydrogens is 605 g/mol. The normalized spacial score (nSPS) is 11.9. The number of imidazole rings is 1. The lowest BCUT2D eigenvalue weighted by molar-refractivity contribution is 0.0428. The molecule has 47 heavy (non-hydrogen) atoms. The van der Waals surface area contributed by atoms with E-state index in [2.05, 4.69) is 9.97 Å². The maximum atomic E-state index is 14.1. The highest BCUT2D eigenvalue weighted by Crippen LogP contribution is 2.34. The number of aryl methyl sites for hydroxylation is 1. The van der Waals surface area contributed by atoms with Gasteiger partial charge in [0.2, 0.25) is 0 Å². The number of nitrogens with zero attached hydrogens (tertiary/aromatic N) is 5. The summed E-state index contributed by atoms with van der Waals surface area (Å²) >= 11 is 0. The van der Waals surface area contributed by atoms with Crippen molar-refractivity contribution in [1.29, 1.82) is 0 Å². The van der Waals surface area contributed by atoms with Crippen LogP contribution in [0.5, 0.6) is 0 Å². The van der Waals surface area contributed by atoms with Crippen molar-refractivity contribution in [3.8, 4) is 16.8 Å².